The zero-order valence-corrected chi connectivity index (χ0v) is 19.8. The van der Waals surface area contributed by atoms with E-state index < -0.39 is 11.9 Å². The number of anilines is 1. The molecule has 3 N–H and O–H groups in total. The number of halogens is 1. The van der Waals surface area contributed by atoms with E-state index in [9.17, 15) is 19.2 Å². The van der Waals surface area contributed by atoms with Crippen LogP contribution in [0.25, 0.3) is 10.8 Å². The Balaban J connectivity index is 1.51. The molecular weight excluding hydrogens is 488 g/mol. The summed E-state index contributed by atoms with van der Waals surface area (Å²) in [4.78, 5) is 49.2. The van der Waals surface area contributed by atoms with Gasteiger partial charge in [-0.2, -0.15) is 0 Å². The summed E-state index contributed by atoms with van der Waals surface area (Å²) in [5.74, 6) is -0.802. The molecule has 0 bridgehead atoms. The molecule has 1 saturated heterocycles. The third kappa shape index (κ3) is 4.83. The molecule has 2 heterocycles. The van der Waals surface area contributed by atoms with Crippen molar-refractivity contribution < 1.29 is 14.4 Å². The van der Waals surface area contributed by atoms with Crippen LogP contribution < -0.4 is 21.5 Å². The van der Waals surface area contributed by atoms with Crippen LogP contribution in [0.15, 0.2) is 51.9 Å². The Morgan fingerprint density at radius 1 is 1.15 bits per heavy atom. The van der Waals surface area contributed by atoms with Crippen molar-refractivity contribution in [2.45, 2.75) is 39.3 Å². The van der Waals surface area contributed by atoms with Crippen molar-refractivity contribution in [3.05, 3.63) is 74.1 Å². The number of carbonyl (C=O) groups is 3. The Labute approximate surface area is 198 Å². The quantitative estimate of drug-likeness (QED) is 0.465. The molecule has 33 heavy (non-hydrogen) atoms. The summed E-state index contributed by atoms with van der Waals surface area (Å²) in [6.45, 7) is 4.12. The van der Waals surface area contributed by atoms with Crippen molar-refractivity contribution >= 4 is 50.2 Å². The third-order valence-electron chi connectivity index (χ3n) is 5.67. The van der Waals surface area contributed by atoms with Crippen LogP contribution in [0, 0.1) is 13.8 Å². The highest BCUT2D eigenvalue weighted by molar-refractivity contribution is 9.10. The molecule has 1 unspecified atom stereocenters. The molecule has 1 aromatic heterocycles. The van der Waals surface area contributed by atoms with E-state index in [1.165, 1.54) is 4.57 Å². The number of amides is 4. The van der Waals surface area contributed by atoms with Crippen LogP contribution in [0.4, 0.5) is 10.5 Å². The van der Waals surface area contributed by atoms with Crippen LogP contribution in [0.2, 0.25) is 0 Å². The van der Waals surface area contributed by atoms with Gasteiger partial charge in [0, 0.05) is 29.0 Å². The van der Waals surface area contributed by atoms with Gasteiger partial charge >= 0.3 is 6.03 Å². The molecule has 0 aliphatic carbocycles. The first-order chi connectivity index (χ1) is 15.7. The molecule has 0 saturated carbocycles. The summed E-state index contributed by atoms with van der Waals surface area (Å²) in [5, 5.41) is 9.12. The van der Waals surface area contributed by atoms with Crippen molar-refractivity contribution in [2.24, 2.45) is 0 Å². The van der Waals surface area contributed by atoms with Gasteiger partial charge in [0.05, 0.1) is 5.69 Å². The molecule has 3 aromatic rings. The largest absolute Gasteiger partial charge is 0.334 e. The van der Waals surface area contributed by atoms with E-state index in [0.29, 0.717) is 11.1 Å². The lowest BCUT2D eigenvalue weighted by atomic mass is 10.0. The number of fused-ring (bicyclic) bond motifs is 1. The van der Waals surface area contributed by atoms with Crippen molar-refractivity contribution in [3.63, 3.8) is 0 Å². The van der Waals surface area contributed by atoms with Crippen LogP contribution in [0.5, 0.6) is 0 Å². The Morgan fingerprint density at radius 2 is 1.94 bits per heavy atom. The number of aromatic nitrogens is 1. The first kappa shape index (κ1) is 22.7. The number of aryl methyl sites for hydroxylation is 2. The molecule has 0 radical (unpaired) electrons. The second-order valence-electron chi connectivity index (χ2n) is 8.16. The number of urea groups is 1. The number of hydrogen-bond donors (Lipinski definition) is 3. The van der Waals surface area contributed by atoms with E-state index in [2.05, 4.69) is 31.9 Å². The van der Waals surface area contributed by atoms with Gasteiger partial charge in [0.1, 0.15) is 6.04 Å². The molecule has 1 aliphatic rings. The van der Waals surface area contributed by atoms with Gasteiger partial charge in [-0.05, 0) is 76.5 Å². The molecule has 1 atom stereocenters. The number of pyridine rings is 1. The minimum absolute atomic E-state index is 0.191. The lowest BCUT2D eigenvalue weighted by Gasteiger charge is -2.23. The molecule has 170 valence electrons. The van der Waals surface area contributed by atoms with Crippen LogP contribution in [-0.2, 0) is 16.1 Å². The second kappa shape index (κ2) is 9.19. The summed E-state index contributed by atoms with van der Waals surface area (Å²) in [6.07, 6.45) is 2.06. The number of imide groups is 1. The predicted octanol–water partition coefficient (Wildman–Crippen LogP) is 3.68. The van der Waals surface area contributed by atoms with Crippen LogP contribution >= 0.6 is 15.9 Å². The molecule has 9 heteroatoms. The third-order valence-corrected chi connectivity index (χ3v) is 6.29. The Morgan fingerprint density at radius 3 is 2.67 bits per heavy atom. The Kier molecular flexibility index (Phi) is 6.33. The fraction of sp³-hybridized carbons (Fsp3) is 0.250. The second-order valence-corrected chi connectivity index (χ2v) is 9.02. The van der Waals surface area contributed by atoms with E-state index in [1.54, 1.807) is 24.4 Å². The van der Waals surface area contributed by atoms with Gasteiger partial charge in [-0.1, -0.05) is 18.2 Å². The van der Waals surface area contributed by atoms with E-state index in [4.69, 9.17) is 0 Å². The molecule has 2 aromatic carbocycles. The molecule has 0 spiro atoms. The van der Waals surface area contributed by atoms with Gasteiger partial charge < -0.3 is 15.2 Å². The SMILES string of the molecule is Cc1cc(C)c(NC(=O)NCc2ccc3ccn(C4CCC(=O)NC4=O)c(=O)c3c2)c(Br)c1. The maximum atomic E-state index is 13.1. The van der Waals surface area contributed by atoms with Crippen LogP contribution in [0.3, 0.4) is 0 Å². The fourth-order valence-electron chi connectivity index (χ4n) is 4.02. The van der Waals surface area contributed by atoms with Gasteiger partial charge in [0.15, 0.2) is 0 Å². The Bertz CT molecular complexity index is 1330. The van der Waals surface area contributed by atoms with E-state index in [0.717, 1.165) is 26.5 Å². The van der Waals surface area contributed by atoms with E-state index in [-0.39, 0.29) is 36.9 Å². The summed E-state index contributed by atoms with van der Waals surface area (Å²) in [7, 11) is 0. The normalized spacial score (nSPS) is 15.9. The number of carbonyl (C=O) groups excluding carboxylic acids is 3. The van der Waals surface area contributed by atoms with Gasteiger partial charge in [-0.3, -0.25) is 19.7 Å². The number of rotatable bonds is 4. The summed E-state index contributed by atoms with van der Waals surface area (Å²) in [6, 6.07) is 9.96. The average Bonchev–Trinajstić information content (AvgIpc) is 2.76. The minimum Gasteiger partial charge on any atom is -0.334 e. The van der Waals surface area contributed by atoms with Crippen molar-refractivity contribution in [3.8, 4) is 0 Å². The summed E-state index contributed by atoms with van der Waals surface area (Å²) < 4.78 is 2.17. The topological polar surface area (TPSA) is 109 Å². The molecule has 4 amide bonds. The number of hydrogen-bond acceptors (Lipinski definition) is 4. The average molecular weight is 511 g/mol. The zero-order valence-electron chi connectivity index (χ0n) is 18.2. The van der Waals surface area contributed by atoms with Crippen molar-refractivity contribution in [2.75, 3.05) is 5.32 Å². The summed E-state index contributed by atoms with van der Waals surface area (Å²) >= 11 is 3.48. The molecule has 1 fully saturated rings. The monoisotopic (exact) mass is 510 g/mol. The highest BCUT2D eigenvalue weighted by Crippen LogP contribution is 2.27. The first-order valence-electron chi connectivity index (χ1n) is 10.5. The highest BCUT2D eigenvalue weighted by atomic mass is 79.9. The maximum absolute atomic E-state index is 13.1. The summed E-state index contributed by atoms with van der Waals surface area (Å²) in [5.41, 5.74) is 3.16. The number of nitrogens with one attached hydrogen (secondary N) is 3. The molecular formula is C24H23BrN4O4. The van der Waals surface area contributed by atoms with Crippen LogP contribution in [-0.4, -0.2) is 22.4 Å². The lowest BCUT2D eigenvalue weighted by Crippen LogP contribution is -2.44. The van der Waals surface area contributed by atoms with Gasteiger partial charge in [0.25, 0.3) is 5.56 Å². The van der Waals surface area contributed by atoms with E-state index >= 15 is 0 Å². The van der Waals surface area contributed by atoms with Gasteiger partial charge in [0.2, 0.25) is 11.8 Å². The predicted molar refractivity (Wildman–Crippen MR) is 129 cm³/mol. The van der Waals surface area contributed by atoms with Gasteiger partial charge in [-0.15, -0.1) is 0 Å². The number of benzene rings is 2. The van der Waals surface area contributed by atoms with Crippen LogP contribution in [0.1, 0.15) is 35.6 Å². The molecule has 4 rings (SSSR count). The standard InChI is InChI=1S/C24H23BrN4O4/c1-13-9-14(2)21(18(25)10-13)28-24(33)26-12-15-3-4-16-7-8-29(23(32)17(16)11-15)19-5-6-20(30)27-22(19)31/h3-4,7-11,19H,5-6,12H2,1-2H3,(H2,26,28,33)(H,27,30,31). The minimum atomic E-state index is -0.719. The lowest BCUT2D eigenvalue weighted by molar-refractivity contribution is -0.135. The van der Waals surface area contributed by atoms with Gasteiger partial charge in [-0.25, -0.2) is 4.79 Å². The zero-order chi connectivity index (χ0) is 23.7. The maximum Gasteiger partial charge on any atom is 0.319 e. The number of piperidine rings is 1. The smallest absolute Gasteiger partial charge is 0.319 e. The Hall–Kier alpha value is -3.46. The molecule has 8 nitrogen and oxygen atoms in total. The number of nitrogens with zero attached hydrogens (tertiary/aromatic N) is 1. The highest BCUT2D eigenvalue weighted by Gasteiger charge is 2.28. The molecule has 1 aliphatic heterocycles. The van der Waals surface area contributed by atoms with E-state index in [1.807, 2.05) is 32.0 Å². The van der Waals surface area contributed by atoms with Crippen molar-refractivity contribution in [1.82, 2.24) is 15.2 Å². The van der Waals surface area contributed by atoms with Crippen molar-refractivity contribution in [1.29, 1.82) is 0 Å². The first-order valence-corrected chi connectivity index (χ1v) is 11.3. The fourth-order valence-corrected chi connectivity index (χ4v) is 4.79.